The van der Waals surface area contributed by atoms with E-state index >= 15 is 0 Å². The highest BCUT2D eigenvalue weighted by Crippen LogP contribution is 2.37. The summed E-state index contributed by atoms with van der Waals surface area (Å²) in [5, 5.41) is 14.9. The number of hydrogen-bond acceptors (Lipinski definition) is 5. The summed E-state index contributed by atoms with van der Waals surface area (Å²) in [6.07, 6.45) is 3.50. The van der Waals surface area contributed by atoms with Crippen molar-refractivity contribution in [2.45, 2.75) is 32.1 Å². The predicted octanol–water partition coefficient (Wildman–Crippen LogP) is 3.57. The van der Waals surface area contributed by atoms with Gasteiger partial charge in [-0.1, -0.05) is 12.1 Å². The number of rotatable bonds is 2. The molecule has 0 amide bonds. The van der Waals surface area contributed by atoms with E-state index in [1.807, 2.05) is 5.38 Å². The van der Waals surface area contributed by atoms with Gasteiger partial charge < -0.3 is 4.52 Å². The van der Waals surface area contributed by atoms with Gasteiger partial charge >= 0.3 is 0 Å². The SMILES string of the molecule is CC1CCC(c2noc(-c3sccc3C#N)n2)C1. The van der Waals surface area contributed by atoms with Crippen molar-refractivity contribution in [3.8, 4) is 16.8 Å². The standard InChI is InChI=1S/C13H13N3OS/c1-8-2-3-9(6-8)12-15-13(17-16-12)11-10(7-14)4-5-18-11/h4-5,8-9H,2-3,6H2,1H3. The summed E-state index contributed by atoms with van der Waals surface area (Å²) in [6.45, 7) is 2.26. The molecule has 3 rings (SSSR count). The fourth-order valence-electron chi connectivity index (χ4n) is 2.50. The molecule has 2 heterocycles. The Morgan fingerprint density at radius 2 is 2.39 bits per heavy atom. The van der Waals surface area contributed by atoms with E-state index in [4.69, 9.17) is 9.78 Å². The number of thiophene rings is 1. The minimum Gasteiger partial charge on any atom is -0.333 e. The zero-order chi connectivity index (χ0) is 12.5. The molecule has 5 heteroatoms. The maximum absolute atomic E-state index is 8.99. The highest BCUT2D eigenvalue weighted by Gasteiger charge is 2.27. The molecule has 1 aliphatic rings. The van der Waals surface area contributed by atoms with Gasteiger partial charge in [0, 0.05) is 5.92 Å². The second-order valence-corrected chi connectivity index (χ2v) is 5.76. The fraction of sp³-hybridized carbons (Fsp3) is 0.462. The van der Waals surface area contributed by atoms with E-state index in [9.17, 15) is 0 Å². The van der Waals surface area contributed by atoms with E-state index < -0.39 is 0 Å². The molecule has 92 valence electrons. The predicted molar refractivity (Wildman–Crippen MR) is 68.1 cm³/mol. The molecule has 18 heavy (non-hydrogen) atoms. The molecular weight excluding hydrogens is 246 g/mol. The Morgan fingerprint density at radius 1 is 1.50 bits per heavy atom. The zero-order valence-electron chi connectivity index (χ0n) is 10.1. The third kappa shape index (κ3) is 1.93. The van der Waals surface area contributed by atoms with E-state index in [1.165, 1.54) is 17.8 Å². The Bertz CT molecular complexity index is 595. The van der Waals surface area contributed by atoms with E-state index in [0.717, 1.165) is 29.5 Å². The van der Waals surface area contributed by atoms with Crippen molar-refractivity contribution in [2.75, 3.05) is 0 Å². The first-order valence-corrected chi connectivity index (χ1v) is 6.97. The van der Waals surface area contributed by atoms with Crippen LogP contribution in [0.25, 0.3) is 10.8 Å². The van der Waals surface area contributed by atoms with Crippen LogP contribution in [0, 0.1) is 17.2 Å². The van der Waals surface area contributed by atoms with Crippen molar-refractivity contribution in [3.05, 3.63) is 22.8 Å². The smallest absolute Gasteiger partial charge is 0.269 e. The summed E-state index contributed by atoms with van der Waals surface area (Å²) in [5.74, 6) is 2.44. The van der Waals surface area contributed by atoms with E-state index in [-0.39, 0.29) is 0 Å². The minimum absolute atomic E-state index is 0.419. The molecule has 2 atom stereocenters. The molecular formula is C13H13N3OS. The van der Waals surface area contributed by atoms with Gasteiger partial charge in [-0.15, -0.1) is 11.3 Å². The molecule has 2 aromatic rings. The van der Waals surface area contributed by atoms with Crippen molar-refractivity contribution < 1.29 is 4.52 Å². The lowest BCUT2D eigenvalue weighted by atomic mass is 10.1. The van der Waals surface area contributed by atoms with Crippen molar-refractivity contribution in [1.82, 2.24) is 10.1 Å². The minimum atomic E-state index is 0.419. The van der Waals surface area contributed by atoms with Gasteiger partial charge in [0.15, 0.2) is 5.82 Å². The summed E-state index contributed by atoms with van der Waals surface area (Å²) in [4.78, 5) is 5.24. The molecule has 1 fully saturated rings. The van der Waals surface area contributed by atoms with Crippen molar-refractivity contribution in [2.24, 2.45) is 5.92 Å². The first-order chi connectivity index (χ1) is 8.78. The van der Waals surface area contributed by atoms with Crippen LogP contribution in [0.2, 0.25) is 0 Å². The molecule has 0 aromatic carbocycles. The molecule has 1 aliphatic carbocycles. The highest BCUT2D eigenvalue weighted by atomic mass is 32.1. The van der Waals surface area contributed by atoms with Gasteiger partial charge in [0.05, 0.1) is 5.56 Å². The van der Waals surface area contributed by atoms with Gasteiger partial charge in [-0.3, -0.25) is 0 Å². The quantitative estimate of drug-likeness (QED) is 0.827. The number of nitriles is 1. The third-order valence-corrected chi connectivity index (χ3v) is 4.38. The van der Waals surface area contributed by atoms with Crippen molar-refractivity contribution in [3.63, 3.8) is 0 Å². The van der Waals surface area contributed by atoms with Gasteiger partial charge in [-0.2, -0.15) is 10.2 Å². The lowest BCUT2D eigenvalue weighted by Gasteiger charge is -2.01. The Hall–Kier alpha value is -1.67. The number of nitrogens with zero attached hydrogens (tertiary/aromatic N) is 3. The van der Waals surface area contributed by atoms with E-state index in [0.29, 0.717) is 17.4 Å². The van der Waals surface area contributed by atoms with E-state index in [2.05, 4.69) is 23.1 Å². The third-order valence-electron chi connectivity index (χ3n) is 3.48. The van der Waals surface area contributed by atoms with Crippen molar-refractivity contribution >= 4 is 11.3 Å². The summed E-state index contributed by atoms with van der Waals surface area (Å²) < 4.78 is 5.30. The summed E-state index contributed by atoms with van der Waals surface area (Å²) in [6, 6.07) is 3.92. The molecule has 0 radical (unpaired) electrons. The average Bonchev–Trinajstić information content (AvgIpc) is 3.07. The molecule has 2 unspecified atom stereocenters. The molecule has 0 saturated heterocycles. The normalized spacial score (nSPS) is 23.1. The molecule has 4 nitrogen and oxygen atoms in total. The molecule has 0 N–H and O–H groups in total. The average molecular weight is 259 g/mol. The van der Waals surface area contributed by atoms with Crippen LogP contribution in [0.4, 0.5) is 0 Å². The van der Waals surface area contributed by atoms with Crippen LogP contribution in [-0.4, -0.2) is 10.1 Å². The topological polar surface area (TPSA) is 62.7 Å². The van der Waals surface area contributed by atoms with Gasteiger partial charge in [-0.05, 0) is 36.6 Å². The van der Waals surface area contributed by atoms with Crippen LogP contribution in [-0.2, 0) is 0 Å². The summed E-state index contributed by atoms with van der Waals surface area (Å²) in [7, 11) is 0. The zero-order valence-corrected chi connectivity index (χ0v) is 10.9. The number of aromatic nitrogens is 2. The molecule has 0 bridgehead atoms. The van der Waals surface area contributed by atoms with Crippen LogP contribution in [0.5, 0.6) is 0 Å². The number of hydrogen-bond donors (Lipinski definition) is 0. The summed E-state index contributed by atoms with van der Waals surface area (Å²) in [5.41, 5.74) is 0.606. The highest BCUT2D eigenvalue weighted by molar-refractivity contribution is 7.13. The van der Waals surface area contributed by atoms with Crippen LogP contribution < -0.4 is 0 Å². The van der Waals surface area contributed by atoms with Crippen LogP contribution in [0.1, 0.15) is 43.5 Å². The molecule has 1 saturated carbocycles. The van der Waals surface area contributed by atoms with Crippen LogP contribution in [0.15, 0.2) is 16.0 Å². The Morgan fingerprint density at radius 3 is 3.11 bits per heavy atom. The summed E-state index contributed by atoms with van der Waals surface area (Å²) >= 11 is 1.46. The molecule has 0 spiro atoms. The molecule has 2 aromatic heterocycles. The van der Waals surface area contributed by atoms with Crippen molar-refractivity contribution in [1.29, 1.82) is 5.26 Å². The van der Waals surface area contributed by atoms with Gasteiger partial charge in [0.25, 0.3) is 5.89 Å². The van der Waals surface area contributed by atoms with Gasteiger partial charge in [0.2, 0.25) is 0 Å². The van der Waals surface area contributed by atoms with E-state index in [1.54, 1.807) is 6.07 Å². The monoisotopic (exact) mass is 259 g/mol. The maximum Gasteiger partial charge on any atom is 0.269 e. The first-order valence-electron chi connectivity index (χ1n) is 6.09. The van der Waals surface area contributed by atoms with Crippen LogP contribution >= 0.6 is 11.3 Å². The molecule has 0 aliphatic heterocycles. The van der Waals surface area contributed by atoms with Crippen LogP contribution in [0.3, 0.4) is 0 Å². The lowest BCUT2D eigenvalue weighted by molar-refractivity contribution is 0.415. The fourth-order valence-corrected chi connectivity index (χ4v) is 3.26. The van der Waals surface area contributed by atoms with Gasteiger partial charge in [0.1, 0.15) is 10.9 Å². The largest absolute Gasteiger partial charge is 0.333 e. The Kier molecular flexibility index (Phi) is 2.88. The lowest BCUT2D eigenvalue weighted by Crippen LogP contribution is -1.95. The first kappa shape index (κ1) is 11.4. The Balaban J connectivity index is 1.88. The second-order valence-electron chi connectivity index (χ2n) is 4.85. The maximum atomic E-state index is 8.99. The Labute approximate surface area is 109 Å². The van der Waals surface area contributed by atoms with Gasteiger partial charge in [-0.25, -0.2) is 0 Å². The second kappa shape index (κ2) is 4.54.